The summed E-state index contributed by atoms with van der Waals surface area (Å²) in [7, 11) is 0. The first-order valence-electron chi connectivity index (χ1n) is 7.76. The highest BCUT2D eigenvalue weighted by Gasteiger charge is 2.21. The van der Waals surface area contributed by atoms with Crippen molar-refractivity contribution in [1.29, 1.82) is 0 Å². The van der Waals surface area contributed by atoms with Gasteiger partial charge >= 0.3 is 0 Å². The molecule has 2 N–H and O–H groups in total. The zero-order valence-electron chi connectivity index (χ0n) is 12.8. The van der Waals surface area contributed by atoms with Crippen LogP contribution in [0.15, 0.2) is 29.2 Å². The predicted molar refractivity (Wildman–Crippen MR) is 87.5 cm³/mol. The van der Waals surface area contributed by atoms with Crippen LogP contribution in [0.5, 0.6) is 0 Å². The molecule has 0 heterocycles. The molecule has 0 saturated heterocycles. The van der Waals surface area contributed by atoms with E-state index in [1.165, 1.54) is 4.90 Å². The molecule has 3 nitrogen and oxygen atoms in total. The minimum Gasteiger partial charge on any atom is -0.393 e. The standard InChI is InChI=1S/C17H25NO2S/c1-12(2)21-16-8-6-13(7-9-16)10-17(20)18-14-4-3-5-15(19)11-14/h6-9,12,14-15,19H,3-5,10-11H2,1-2H3,(H,18,20)/t14-,15-/m1/s1. The molecule has 21 heavy (non-hydrogen) atoms. The Hall–Kier alpha value is -1.00. The average Bonchev–Trinajstić information content (AvgIpc) is 2.40. The monoisotopic (exact) mass is 307 g/mol. The van der Waals surface area contributed by atoms with Gasteiger partial charge in [-0.3, -0.25) is 4.79 Å². The van der Waals surface area contributed by atoms with Crippen molar-refractivity contribution in [3.63, 3.8) is 0 Å². The highest BCUT2D eigenvalue weighted by Crippen LogP contribution is 2.23. The molecule has 1 saturated carbocycles. The summed E-state index contributed by atoms with van der Waals surface area (Å²) in [5.74, 6) is 0.0540. The zero-order chi connectivity index (χ0) is 15.2. The Bertz CT molecular complexity index is 458. The van der Waals surface area contributed by atoms with Gasteiger partial charge in [-0.25, -0.2) is 0 Å². The largest absolute Gasteiger partial charge is 0.393 e. The van der Waals surface area contributed by atoms with Crippen molar-refractivity contribution in [3.8, 4) is 0 Å². The van der Waals surface area contributed by atoms with Crippen LogP contribution >= 0.6 is 11.8 Å². The van der Waals surface area contributed by atoms with Crippen molar-refractivity contribution in [1.82, 2.24) is 5.32 Å². The fraction of sp³-hybridized carbons (Fsp3) is 0.588. The van der Waals surface area contributed by atoms with Crippen molar-refractivity contribution < 1.29 is 9.90 Å². The average molecular weight is 307 g/mol. The second-order valence-corrected chi connectivity index (χ2v) is 7.72. The summed E-state index contributed by atoms with van der Waals surface area (Å²) in [5.41, 5.74) is 1.04. The minimum absolute atomic E-state index is 0.0540. The number of amides is 1. The van der Waals surface area contributed by atoms with Gasteiger partial charge in [-0.05, 0) is 43.4 Å². The molecule has 0 radical (unpaired) electrons. The van der Waals surface area contributed by atoms with E-state index in [9.17, 15) is 9.90 Å². The maximum absolute atomic E-state index is 12.1. The number of aliphatic hydroxyl groups is 1. The highest BCUT2D eigenvalue weighted by atomic mass is 32.2. The number of carbonyl (C=O) groups is 1. The van der Waals surface area contributed by atoms with Crippen LogP contribution in [0.2, 0.25) is 0 Å². The first kappa shape index (κ1) is 16.4. The Morgan fingerprint density at radius 1 is 1.33 bits per heavy atom. The lowest BCUT2D eigenvalue weighted by Gasteiger charge is -2.26. The molecule has 0 aliphatic heterocycles. The molecule has 1 aliphatic rings. The van der Waals surface area contributed by atoms with Crippen molar-refractivity contribution in [2.75, 3.05) is 0 Å². The Labute approximate surface area is 131 Å². The SMILES string of the molecule is CC(C)Sc1ccc(CC(=O)N[C@@H]2CCC[C@@H](O)C2)cc1. The Morgan fingerprint density at radius 2 is 2.05 bits per heavy atom. The van der Waals surface area contributed by atoms with Crippen LogP contribution in [-0.2, 0) is 11.2 Å². The third-order valence-electron chi connectivity index (χ3n) is 3.67. The van der Waals surface area contributed by atoms with Crippen LogP contribution in [0.4, 0.5) is 0 Å². The van der Waals surface area contributed by atoms with Gasteiger partial charge in [0.25, 0.3) is 0 Å². The topological polar surface area (TPSA) is 49.3 Å². The Morgan fingerprint density at radius 3 is 2.67 bits per heavy atom. The van der Waals surface area contributed by atoms with Gasteiger partial charge in [-0.1, -0.05) is 26.0 Å². The number of hydrogen-bond donors (Lipinski definition) is 2. The Balaban J connectivity index is 1.82. The summed E-state index contributed by atoms with van der Waals surface area (Å²) in [5, 5.41) is 13.2. The summed E-state index contributed by atoms with van der Waals surface area (Å²) in [6, 6.07) is 8.35. The van der Waals surface area contributed by atoms with Crippen LogP contribution in [0.1, 0.15) is 45.1 Å². The normalized spacial score (nSPS) is 22.3. The molecule has 2 atom stereocenters. The van der Waals surface area contributed by atoms with Gasteiger partial charge in [-0.2, -0.15) is 0 Å². The van der Waals surface area contributed by atoms with Crippen LogP contribution in [0, 0.1) is 0 Å². The number of carbonyl (C=O) groups excluding carboxylic acids is 1. The lowest BCUT2D eigenvalue weighted by atomic mass is 9.93. The van der Waals surface area contributed by atoms with E-state index in [1.54, 1.807) is 0 Å². The van der Waals surface area contributed by atoms with Crippen LogP contribution < -0.4 is 5.32 Å². The Kier molecular flexibility index (Phi) is 6.12. The van der Waals surface area contributed by atoms with Gasteiger partial charge in [0.1, 0.15) is 0 Å². The van der Waals surface area contributed by atoms with E-state index in [-0.39, 0.29) is 18.1 Å². The second kappa shape index (κ2) is 7.85. The summed E-state index contributed by atoms with van der Waals surface area (Å²) in [6.45, 7) is 4.34. The van der Waals surface area contributed by atoms with E-state index in [1.807, 2.05) is 23.9 Å². The number of rotatable bonds is 5. The molecular formula is C17H25NO2S. The molecule has 0 bridgehead atoms. The van der Waals surface area contributed by atoms with E-state index in [0.717, 1.165) is 24.8 Å². The number of aliphatic hydroxyl groups excluding tert-OH is 1. The van der Waals surface area contributed by atoms with Gasteiger partial charge in [0, 0.05) is 16.2 Å². The van der Waals surface area contributed by atoms with Gasteiger partial charge in [0.2, 0.25) is 5.91 Å². The molecule has 116 valence electrons. The lowest BCUT2D eigenvalue weighted by Crippen LogP contribution is -2.40. The zero-order valence-corrected chi connectivity index (χ0v) is 13.7. The van der Waals surface area contributed by atoms with E-state index in [0.29, 0.717) is 18.1 Å². The lowest BCUT2D eigenvalue weighted by molar-refractivity contribution is -0.121. The van der Waals surface area contributed by atoms with Crippen LogP contribution in [0.3, 0.4) is 0 Å². The first-order valence-corrected chi connectivity index (χ1v) is 8.64. The van der Waals surface area contributed by atoms with E-state index < -0.39 is 0 Å². The molecule has 0 unspecified atom stereocenters. The fourth-order valence-electron chi connectivity index (χ4n) is 2.72. The molecule has 1 amide bonds. The molecule has 2 rings (SSSR count). The summed E-state index contributed by atoms with van der Waals surface area (Å²) in [6.07, 6.45) is 3.69. The third kappa shape index (κ3) is 5.71. The first-order chi connectivity index (χ1) is 10.0. The van der Waals surface area contributed by atoms with Crippen molar-refractivity contribution in [2.24, 2.45) is 0 Å². The highest BCUT2D eigenvalue weighted by molar-refractivity contribution is 7.99. The molecule has 0 spiro atoms. The fourth-order valence-corrected chi connectivity index (χ4v) is 3.55. The van der Waals surface area contributed by atoms with Crippen molar-refractivity contribution in [3.05, 3.63) is 29.8 Å². The quantitative estimate of drug-likeness (QED) is 0.822. The summed E-state index contributed by atoms with van der Waals surface area (Å²) in [4.78, 5) is 13.3. The molecular weight excluding hydrogens is 282 g/mol. The van der Waals surface area contributed by atoms with Gasteiger partial charge < -0.3 is 10.4 Å². The molecule has 1 aliphatic carbocycles. The number of nitrogens with one attached hydrogen (secondary N) is 1. The van der Waals surface area contributed by atoms with Crippen LogP contribution in [0.25, 0.3) is 0 Å². The van der Waals surface area contributed by atoms with E-state index in [2.05, 4.69) is 31.3 Å². The summed E-state index contributed by atoms with van der Waals surface area (Å²) < 4.78 is 0. The number of benzene rings is 1. The van der Waals surface area contributed by atoms with E-state index in [4.69, 9.17) is 0 Å². The van der Waals surface area contributed by atoms with Gasteiger partial charge in [0.05, 0.1) is 12.5 Å². The number of hydrogen-bond acceptors (Lipinski definition) is 3. The number of thioether (sulfide) groups is 1. The molecule has 1 fully saturated rings. The smallest absolute Gasteiger partial charge is 0.224 e. The molecule has 1 aromatic carbocycles. The molecule has 4 heteroatoms. The maximum atomic E-state index is 12.1. The molecule has 0 aromatic heterocycles. The second-order valence-electron chi connectivity index (χ2n) is 6.07. The van der Waals surface area contributed by atoms with Crippen molar-refractivity contribution >= 4 is 17.7 Å². The van der Waals surface area contributed by atoms with Crippen LogP contribution in [-0.4, -0.2) is 28.4 Å². The van der Waals surface area contributed by atoms with E-state index >= 15 is 0 Å². The predicted octanol–water partition coefficient (Wildman–Crippen LogP) is 3.15. The van der Waals surface area contributed by atoms with Crippen molar-refractivity contribution in [2.45, 2.75) is 68.2 Å². The van der Waals surface area contributed by atoms with Gasteiger partial charge in [-0.15, -0.1) is 11.8 Å². The summed E-state index contributed by atoms with van der Waals surface area (Å²) >= 11 is 1.83. The van der Waals surface area contributed by atoms with Gasteiger partial charge in [0.15, 0.2) is 0 Å². The third-order valence-corrected chi connectivity index (χ3v) is 4.69. The maximum Gasteiger partial charge on any atom is 0.224 e. The minimum atomic E-state index is -0.253. The molecule has 1 aromatic rings.